The Hall–Kier alpha value is -2.53. The van der Waals surface area contributed by atoms with Gasteiger partial charge in [-0.3, -0.25) is 4.79 Å². The molecular weight excluding hydrogens is 316 g/mol. The first-order valence-corrected chi connectivity index (χ1v) is 8.63. The molecule has 0 spiro atoms. The van der Waals surface area contributed by atoms with Crippen LogP contribution in [-0.4, -0.2) is 36.5 Å². The molecule has 1 aliphatic heterocycles. The molecule has 1 fully saturated rings. The lowest BCUT2D eigenvalue weighted by molar-refractivity contribution is -0.134. The van der Waals surface area contributed by atoms with Gasteiger partial charge >= 0.3 is 0 Å². The molecule has 1 heterocycles. The average molecular weight is 340 g/mol. The molecule has 2 aromatic carbocycles. The van der Waals surface area contributed by atoms with Gasteiger partial charge in [0.2, 0.25) is 0 Å². The van der Waals surface area contributed by atoms with Gasteiger partial charge in [-0.25, -0.2) is 0 Å². The van der Waals surface area contributed by atoms with Crippen molar-refractivity contribution < 1.29 is 14.3 Å². The molecule has 0 unspecified atom stereocenters. The molecule has 2 N–H and O–H groups in total. The highest BCUT2D eigenvalue weighted by molar-refractivity contribution is 5.77. The van der Waals surface area contributed by atoms with Crippen molar-refractivity contribution in [1.29, 1.82) is 0 Å². The van der Waals surface area contributed by atoms with E-state index in [9.17, 15) is 4.79 Å². The van der Waals surface area contributed by atoms with E-state index >= 15 is 0 Å². The summed E-state index contributed by atoms with van der Waals surface area (Å²) in [5.41, 5.74) is 6.98. The number of rotatable bonds is 6. The van der Waals surface area contributed by atoms with E-state index in [4.69, 9.17) is 15.2 Å². The Morgan fingerprint density at radius 1 is 0.960 bits per heavy atom. The largest absolute Gasteiger partial charge is 0.489 e. The molecule has 1 amide bonds. The Bertz CT molecular complexity index is 665. The summed E-state index contributed by atoms with van der Waals surface area (Å²) in [6.45, 7) is 2.02. The normalized spacial score (nSPS) is 15.0. The summed E-state index contributed by atoms with van der Waals surface area (Å²) in [6.07, 6.45) is 1.72. The predicted molar refractivity (Wildman–Crippen MR) is 96.5 cm³/mol. The van der Waals surface area contributed by atoms with Gasteiger partial charge in [0.1, 0.15) is 18.1 Å². The zero-order valence-electron chi connectivity index (χ0n) is 14.3. The molecule has 1 saturated heterocycles. The number of nitrogens with two attached hydrogens (primary N) is 1. The minimum absolute atomic E-state index is 0.0105. The lowest BCUT2D eigenvalue weighted by Gasteiger charge is -2.30. The van der Waals surface area contributed by atoms with Crippen LogP contribution in [0.1, 0.15) is 18.4 Å². The van der Waals surface area contributed by atoms with Crippen LogP contribution in [-0.2, 0) is 11.4 Å². The molecule has 0 aliphatic carbocycles. The van der Waals surface area contributed by atoms with Crippen LogP contribution in [0.15, 0.2) is 54.6 Å². The fourth-order valence-electron chi connectivity index (χ4n) is 2.76. The summed E-state index contributed by atoms with van der Waals surface area (Å²) >= 11 is 0. The first-order valence-electron chi connectivity index (χ1n) is 8.63. The fourth-order valence-corrected chi connectivity index (χ4v) is 2.76. The maximum absolute atomic E-state index is 12.1. The van der Waals surface area contributed by atoms with Gasteiger partial charge in [0, 0.05) is 19.1 Å². The molecule has 0 aromatic heterocycles. The minimum Gasteiger partial charge on any atom is -0.489 e. The summed E-state index contributed by atoms with van der Waals surface area (Å²) < 4.78 is 11.3. The minimum atomic E-state index is 0.0105. The Labute approximate surface area is 148 Å². The number of amides is 1. The van der Waals surface area contributed by atoms with Crippen molar-refractivity contribution in [3.63, 3.8) is 0 Å². The highest BCUT2D eigenvalue weighted by Crippen LogP contribution is 2.19. The van der Waals surface area contributed by atoms with E-state index in [0.29, 0.717) is 12.4 Å². The molecule has 5 heteroatoms. The van der Waals surface area contributed by atoms with Crippen molar-refractivity contribution in [2.24, 2.45) is 5.73 Å². The van der Waals surface area contributed by atoms with Crippen molar-refractivity contribution in [1.82, 2.24) is 4.90 Å². The third kappa shape index (κ3) is 5.22. The van der Waals surface area contributed by atoms with Gasteiger partial charge in [0.15, 0.2) is 6.61 Å². The van der Waals surface area contributed by atoms with Gasteiger partial charge in [0.05, 0.1) is 0 Å². The van der Waals surface area contributed by atoms with Gasteiger partial charge in [0.25, 0.3) is 5.91 Å². The number of piperidine rings is 1. The first kappa shape index (κ1) is 17.3. The molecule has 3 rings (SSSR count). The van der Waals surface area contributed by atoms with Gasteiger partial charge < -0.3 is 20.1 Å². The molecule has 0 radical (unpaired) electrons. The van der Waals surface area contributed by atoms with E-state index in [2.05, 4.69) is 0 Å². The van der Waals surface area contributed by atoms with Crippen LogP contribution in [0.2, 0.25) is 0 Å². The number of benzene rings is 2. The van der Waals surface area contributed by atoms with Crippen molar-refractivity contribution in [3.8, 4) is 11.5 Å². The molecule has 0 saturated carbocycles. The summed E-state index contributed by atoms with van der Waals surface area (Å²) in [5, 5.41) is 0. The number of carbonyl (C=O) groups is 1. The second-order valence-corrected chi connectivity index (χ2v) is 6.25. The standard InChI is InChI=1S/C20H24N2O3/c21-17-10-12-22(13-11-17)20(23)15-25-19-8-6-18(7-9-19)24-14-16-4-2-1-3-5-16/h1-9,17H,10-15,21H2. The molecule has 0 bridgehead atoms. The van der Waals surface area contributed by atoms with E-state index in [1.165, 1.54) is 0 Å². The van der Waals surface area contributed by atoms with Gasteiger partial charge in [-0.15, -0.1) is 0 Å². The number of ether oxygens (including phenoxy) is 2. The predicted octanol–water partition coefficient (Wildman–Crippen LogP) is 2.59. The Morgan fingerprint density at radius 3 is 2.20 bits per heavy atom. The van der Waals surface area contributed by atoms with Crippen LogP contribution in [0, 0.1) is 0 Å². The fraction of sp³-hybridized carbons (Fsp3) is 0.350. The van der Waals surface area contributed by atoms with Gasteiger partial charge in [-0.1, -0.05) is 30.3 Å². The SMILES string of the molecule is NC1CCN(C(=O)COc2ccc(OCc3ccccc3)cc2)CC1. The topological polar surface area (TPSA) is 64.8 Å². The smallest absolute Gasteiger partial charge is 0.260 e. The van der Waals surface area contributed by atoms with Gasteiger partial charge in [-0.05, 0) is 42.7 Å². The summed E-state index contributed by atoms with van der Waals surface area (Å²) in [4.78, 5) is 14.0. The Balaban J connectivity index is 1.43. The van der Waals surface area contributed by atoms with Crippen molar-refractivity contribution in [3.05, 3.63) is 60.2 Å². The van der Waals surface area contributed by atoms with Crippen LogP contribution in [0.3, 0.4) is 0 Å². The lowest BCUT2D eigenvalue weighted by Crippen LogP contribution is -2.44. The van der Waals surface area contributed by atoms with E-state index in [1.807, 2.05) is 59.5 Å². The second-order valence-electron chi connectivity index (χ2n) is 6.25. The van der Waals surface area contributed by atoms with Crippen LogP contribution in [0.4, 0.5) is 0 Å². The molecule has 5 nitrogen and oxygen atoms in total. The van der Waals surface area contributed by atoms with Gasteiger partial charge in [-0.2, -0.15) is 0 Å². The summed E-state index contributed by atoms with van der Waals surface area (Å²) in [6, 6.07) is 17.6. The molecule has 2 aromatic rings. The maximum Gasteiger partial charge on any atom is 0.260 e. The van der Waals surface area contributed by atoms with Crippen molar-refractivity contribution in [2.45, 2.75) is 25.5 Å². The lowest BCUT2D eigenvalue weighted by atomic mass is 10.1. The molecule has 25 heavy (non-hydrogen) atoms. The van der Waals surface area contributed by atoms with Crippen LogP contribution >= 0.6 is 0 Å². The monoisotopic (exact) mass is 340 g/mol. The molecule has 1 aliphatic rings. The van der Waals surface area contributed by atoms with E-state index in [1.54, 1.807) is 0 Å². The van der Waals surface area contributed by atoms with Crippen LogP contribution in [0.25, 0.3) is 0 Å². The van der Waals surface area contributed by atoms with Crippen LogP contribution < -0.4 is 15.2 Å². The van der Waals surface area contributed by atoms with Crippen molar-refractivity contribution in [2.75, 3.05) is 19.7 Å². The Morgan fingerprint density at radius 2 is 1.56 bits per heavy atom. The average Bonchev–Trinajstić information content (AvgIpc) is 2.67. The quantitative estimate of drug-likeness (QED) is 0.878. The number of carbonyl (C=O) groups excluding carboxylic acids is 1. The Kier molecular flexibility index (Phi) is 5.90. The third-order valence-electron chi connectivity index (χ3n) is 4.33. The van der Waals surface area contributed by atoms with E-state index in [0.717, 1.165) is 37.2 Å². The third-order valence-corrected chi connectivity index (χ3v) is 4.33. The van der Waals surface area contributed by atoms with E-state index < -0.39 is 0 Å². The number of hydrogen-bond acceptors (Lipinski definition) is 4. The highest BCUT2D eigenvalue weighted by Gasteiger charge is 2.20. The number of hydrogen-bond donors (Lipinski definition) is 1. The second kappa shape index (κ2) is 8.53. The zero-order valence-corrected chi connectivity index (χ0v) is 14.3. The van der Waals surface area contributed by atoms with E-state index in [-0.39, 0.29) is 18.6 Å². The number of nitrogens with zero attached hydrogens (tertiary/aromatic N) is 1. The highest BCUT2D eigenvalue weighted by atomic mass is 16.5. The van der Waals surface area contributed by atoms with Crippen LogP contribution in [0.5, 0.6) is 11.5 Å². The van der Waals surface area contributed by atoms with Crippen molar-refractivity contribution >= 4 is 5.91 Å². The maximum atomic E-state index is 12.1. The summed E-state index contributed by atoms with van der Waals surface area (Å²) in [5.74, 6) is 1.44. The zero-order chi connectivity index (χ0) is 17.5. The molecular formula is C20H24N2O3. The first-order chi connectivity index (χ1) is 12.2. The summed E-state index contributed by atoms with van der Waals surface area (Å²) in [7, 11) is 0. The molecule has 132 valence electrons. The number of likely N-dealkylation sites (tertiary alicyclic amines) is 1. The molecule has 0 atom stereocenters.